The third-order valence-corrected chi connectivity index (χ3v) is 2.26. The molecular weight excluding hydrogens is 184 g/mol. The molecule has 0 aliphatic carbocycles. The zero-order chi connectivity index (χ0) is 9.84. The van der Waals surface area contributed by atoms with E-state index in [2.05, 4.69) is 0 Å². The highest BCUT2D eigenvalue weighted by Crippen LogP contribution is 2.10. The minimum Gasteiger partial charge on any atom is -0.769 e. The standard InChI is InChI=1S/C10H12O2S/c1-8-3-4-10(7-9(8)2)5-6-13(11)12/h3-7H,1-2H3,(H,11,12)/p-1/b6-5+. The summed E-state index contributed by atoms with van der Waals surface area (Å²) in [5, 5.41) is 1.14. The summed E-state index contributed by atoms with van der Waals surface area (Å²) in [7, 11) is 0. The summed E-state index contributed by atoms with van der Waals surface area (Å²) in [5.41, 5.74) is 3.28. The molecule has 0 fully saturated rings. The minimum absolute atomic E-state index is 0.910. The van der Waals surface area contributed by atoms with Crippen LogP contribution in [-0.4, -0.2) is 8.76 Å². The van der Waals surface area contributed by atoms with Crippen molar-refractivity contribution in [3.8, 4) is 0 Å². The van der Waals surface area contributed by atoms with Gasteiger partial charge in [-0.25, -0.2) is 0 Å². The molecule has 0 amide bonds. The van der Waals surface area contributed by atoms with Gasteiger partial charge in [0.05, 0.1) is 0 Å². The first kappa shape index (κ1) is 10.2. The Morgan fingerprint density at radius 1 is 1.31 bits per heavy atom. The zero-order valence-corrected chi connectivity index (χ0v) is 8.43. The number of benzene rings is 1. The molecule has 0 radical (unpaired) electrons. The molecule has 70 valence electrons. The van der Waals surface area contributed by atoms with Crippen LogP contribution in [0.2, 0.25) is 0 Å². The number of hydrogen-bond donors (Lipinski definition) is 0. The molecule has 1 unspecified atom stereocenters. The molecule has 0 bridgehead atoms. The van der Waals surface area contributed by atoms with E-state index in [1.165, 1.54) is 11.1 Å². The van der Waals surface area contributed by atoms with Gasteiger partial charge in [0.15, 0.2) is 0 Å². The molecule has 13 heavy (non-hydrogen) atoms. The van der Waals surface area contributed by atoms with E-state index in [1.807, 2.05) is 32.0 Å². The molecule has 0 spiro atoms. The van der Waals surface area contributed by atoms with Crippen molar-refractivity contribution in [3.05, 3.63) is 40.3 Å². The molecule has 0 saturated carbocycles. The van der Waals surface area contributed by atoms with Crippen molar-refractivity contribution in [1.82, 2.24) is 0 Å². The fourth-order valence-electron chi connectivity index (χ4n) is 1.00. The van der Waals surface area contributed by atoms with Gasteiger partial charge in [0, 0.05) is 0 Å². The monoisotopic (exact) mass is 195 g/mol. The summed E-state index contributed by atoms with van der Waals surface area (Å²) in [6, 6.07) is 5.83. The summed E-state index contributed by atoms with van der Waals surface area (Å²) >= 11 is -2.11. The molecule has 3 heteroatoms. The molecule has 1 atom stereocenters. The van der Waals surface area contributed by atoms with E-state index >= 15 is 0 Å². The van der Waals surface area contributed by atoms with E-state index < -0.39 is 11.1 Å². The van der Waals surface area contributed by atoms with Crippen molar-refractivity contribution in [2.45, 2.75) is 13.8 Å². The van der Waals surface area contributed by atoms with Gasteiger partial charge in [-0.3, -0.25) is 4.21 Å². The number of hydrogen-bond acceptors (Lipinski definition) is 2. The smallest absolute Gasteiger partial charge is 0.0109 e. The van der Waals surface area contributed by atoms with E-state index in [-0.39, 0.29) is 0 Å². The van der Waals surface area contributed by atoms with E-state index in [0.717, 1.165) is 11.0 Å². The molecule has 0 aliphatic rings. The van der Waals surface area contributed by atoms with E-state index in [1.54, 1.807) is 6.08 Å². The fraction of sp³-hybridized carbons (Fsp3) is 0.200. The first-order valence-electron chi connectivity index (χ1n) is 3.93. The highest BCUT2D eigenvalue weighted by Gasteiger charge is 1.91. The van der Waals surface area contributed by atoms with Gasteiger partial charge in [-0.2, -0.15) is 0 Å². The van der Waals surface area contributed by atoms with Crippen LogP contribution in [0.3, 0.4) is 0 Å². The second-order valence-electron chi connectivity index (χ2n) is 2.91. The van der Waals surface area contributed by atoms with Crippen molar-refractivity contribution in [1.29, 1.82) is 0 Å². The molecule has 1 rings (SSSR count). The van der Waals surface area contributed by atoms with Crippen molar-refractivity contribution >= 4 is 17.2 Å². The molecule has 0 saturated heterocycles. The summed E-state index contributed by atoms with van der Waals surface area (Å²) in [6.07, 6.45) is 1.58. The summed E-state index contributed by atoms with van der Waals surface area (Å²) in [6.45, 7) is 4.02. The fourth-order valence-corrected chi connectivity index (χ4v) is 1.27. The van der Waals surface area contributed by atoms with Crippen LogP contribution in [0.5, 0.6) is 0 Å². The lowest BCUT2D eigenvalue weighted by Crippen LogP contribution is -1.82. The Morgan fingerprint density at radius 3 is 2.54 bits per heavy atom. The van der Waals surface area contributed by atoms with Crippen molar-refractivity contribution in [2.24, 2.45) is 0 Å². The molecule has 2 nitrogen and oxygen atoms in total. The lowest BCUT2D eigenvalue weighted by atomic mass is 10.1. The first-order valence-corrected chi connectivity index (χ1v) is 5.07. The van der Waals surface area contributed by atoms with Crippen molar-refractivity contribution in [2.75, 3.05) is 0 Å². The highest BCUT2D eigenvalue weighted by atomic mass is 32.2. The van der Waals surface area contributed by atoms with Gasteiger partial charge in [0.1, 0.15) is 0 Å². The Balaban J connectivity index is 2.92. The Labute approximate surface area is 80.6 Å². The average Bonchev–Trinajstić information content (AvgIpc) is 2.07. The van der Waals surface area contributed by atoms with Gasteiger partial charge >= 0.3 is 0 Å². The Bertz CT molecular complexity index is 356. The molecule has 0 aliphatic heterocycles. The predicted octanol–water partition coefficient (Wildman–Crippen LogP) is 2.15. The van der Waals surface area contributed by atoms with Gasteiger partial charge in [-0.05, 0) is 53.1 Å². The SMILES string of the molecule is Cc1ccc(/C=C/S(=O)[O-])cc1C. The lowest BCUT2D eigenvalue weighted by molar-refractivity contribution is 0.546. The highest BCUT2D eigenvalue weighted by molar-refractivity contribution is 7.82. The first-order chi connectivity index (χ1) is 6.09. The topological polar surface area (TPSA) is 40.1 Å². The maximum atomic E-state index is 10.2. The van der Waals surface area contributed by atoms with Crippen LogP contribution in [-0.2, 0) is 11.1 Å². The van der Waals surface area contributed by atoms with Crippen molar-refractivity contribution in [3.63, 3.8) is 0 Å². The quantitative estimate of drug-likeness (QED) is 0.678. The average molecular weight is 195 g/mol. The molecule has 0 heterocycles. The Kier molecular flexibility index (Phi) is 3.39. The molecule has 0 aromatic heterocycles. The van der Waals surface area contributed by atoms with E-state index in [4.69, 9.17) is 0 Å². The van der Waals surface area contributed by atoms with Crippen LogP contribution in [0.15, 0.2) is 23.6 Å². The van der Waals surface area contributed by atoms with Crippen molar-refractivity contribution < 1.29 is 8.76 Å². The molecule has 0 N–H and O–H groups in total. The Hall–Kier alpha value is -0.930. The third kappa shape index (κ3) is 3.13. The maximum absolute atomic E-state index is 10.2. The molecule has 1 aromatic rings. The van der Waals surface area contributed by atoms with Crippen LogP contribution < -0.4 is 0 Å². The minimum atomic E-state index is -2.11. The van der Waals surface area contributed by atoms with Crippen LogP contribution in [0.25, 0.3) is 6.08 Å². The van der Waals surface area contributed by atoms with Crippen LogP contribution >= 0.6 is 0 Å². The largest absolute Gasteiger partial charge is 0.769 e. The zero-order valence-electron chi connectivity index (χ0n) is 7.61. The Morgan fingerprint density at radius 2 is 2.00 bits per heavy atom. The second kappa shape index (κ2) is 4.35. The maximum Gasteiger partial charge on any atom is -0.0109 e. The molecular formula is C10H11O2S-. The van der Waals surface area contributed by atoms with Gasteiger partial charge in [-0.1, -0.05) is 18.2 Å². The van der Waals surface area contributed by atoms with Crippen LogP contribution in [0.4, 0.5) is 0 Å². The third-order valence-electron chi connectivity index (χ3n) is 1.90. The lowest BCUT2D eigenvalue weighted by Gasteiger charge is -2.01. The predicted molar refractivity (Wildman–Crippen MR) is 53.9 cm³/mol. The van der Waals surface area contributed by atoms with Crippen LogP contribution in [0.1, 0.15) is 16.7 Å². The van der Waals surface area contributed by atoms with Gasteiger partial charge in [0.25, 0.3) is 0 Å². The molecule has 1 aromatic carbocycles. The van der Waals surface area contributed by atoms with Gasteiger partial charge < -0.3 is 4.55 Å². The summed E-state index contributed by atoms with van der Waals surface area (Å²) in [5.74, 6) is 0. The van der Waals surface area contributed by atoms with Gasteiger partial charge in [-0.15, -0.1) is 0 Å². The second-order valence-corrected chi connectivity index (χ2v) is 3.70. The summed E-state index contributed by atoms with van der Waals surface area (Å²) in [4.78, 5) is 0. The normalized spacial score (nSPS) is 13.5. The summed E-state index contributed by atoms with van der Waals surface area (Å²) < 4.78 is 20.5. The van der Waals surface area contributed by atoms with Gasteiger partial charge in [0.2, 0.25) is 0 Å². The van der Waals surface area contributed by atoms with Crippen LogP contribution in [0, 0.1) is 13.8 Å². The number of rotatable bonds is 2. The number of aryl methyl sites for hydroxylation is 2. The van der Waals surface area contributed by atoms with E-state index in [0.29, 0.717) is 0 Å². The van der Waals surface area contributed by atoms with E-state index in [9.17, 15) is 8.76 Å².